The number of ether oxygens (including phenoxy) is 1. The number of esters is 1. The number of aliphatic carboxylic acids is 1. The van der Waals surface area contributed by atoms with E-state index in [1.165, 1.54) is 11.1 Å². The van der Waals surface area contributed by atoms with Gasteiger partial charge < -0.3 is 20.1 Å². The second-order valence-corrected chi connectivity index (χ2v) is 7.88. The molecule has 1 unspecified atom stereocenters. The van der Waals surface area contributed by atoms with Gasteiger partial charge in [0.2, 0.25) is 0 Å². The molecule has 0 saturated carbocycles. The molecular formula is C24H26ClF3N2O4. The zero-order valence-electron chi connectivity index (χ0n) is 18.4. The molecule has 1 saturated heterocycles. The van der Waals surface area contributed by atoms with Gasteiger partial charge in [-0.15, -0.1) is 12.4 Å². The molecule has 0 aliphatic carbocycles. The first-order valence-electron chi connectivity index (χ1n) is 10.5. The lowest BCUT2D eigenvalue weighted by Gasteiger charge is -2.29. The number of carbonyl (C=O) groups excluding carboxylic acids is 1. The summed E-state index contributed by atoms with van der Waals surface area (Å²) in [5, 5.41) is 11.7. The van der Waals surface area contributed by atoms with Crippen LogP contribution in [0.1, 0.15) is 35.0 Å². The van der Waals surface area contributed by atoms with Crippen LogP contribution in [0.2, 0.25) is 0 Å². The third-order valence-electron chi connectivity index (χ3n) is 5.60. The minimum atomic E-state index is -5.08. The first kappa shape index (κ1) is 27.2. The van der Waals surface area contributed by atoms with Crippen LogP contribution in [0.25, 0.3) is 10.9 Å². The molecule has 1 atom stereocenters. The van der Waals surface area contributed by atoms with Crippen molar-refractivity contribution in [1.29, 1.82) is 0 Å². The standard InChI is InChI=1S/C22H24N2O2.C2HF3O2.ClH/c1-2-26-21(25)20-13-17-12-18(8-9-19(17)24-20)22(10-11-23-15-22)14-16-6-4-3-5-7-16;3-2(4,5)1(6)7;/h3-9,12-13,23-24H,2,10-11,14-15H2,1H3;(H,6,7);1H. The third kappa shape index (κ3) is 6.51. The molecule has 2 aromatic carbocycles. The summed E-state index contributed by atoms with van der Waals surface area (Å²) in [7, 11) is 0. The molecule has 2 heterocycles. The van der Waals surface area contributed by atoms with E-state index < -0.39 is 12.1 Å². The minimum absolute atomic E-state index is 0. The number of halogens is 4. The highest BCUT2D eigenvalue weighted by atomic mass is 35.5. The summed E-state index contributed by atoms with van der Waals surface area (Å²) in [6.45, 7) is 4.21. The summed E-state index contributed by atoms with van der Waals surface area (Å²) >= 11 is 0. The van der Waals surface area contributed by atoms with Gasteiger partial charge in [0, 0.05) is 22.9 Å². The molecule has 0 radical (unpaired) electrons. The fourth-order valence-electron chi connectivity index (χ4n) is 4.01. The fourth-order valence-corrected chi connectivity index (χ4v) is 4.01. The number of H-pyrrole nitrogens is 1. The predicted molar refractivity (Wildman–Crippen MR) is 125 cm³/mol. The monoisotopic (exact) mass is 498 g/mol. The third-order valence-corrected chi connectivity index (χ3v) is 5.60. The zero-order valence-corrected chi connectivity index (χ0v) is 19.3. The van der Waals surface area contributed by atoms with Crippen LogP contribution >= 0.6 is 12.4 Å². The van der Waals surface area contributed by atoms with Crippen LogP contribution in [0.15, 0.2) is 54.6 Å². The molecule has 1 aromatic heterocycles. The van der Waals surface area contributed by atoms with Crippen LogP contribution in [-0.4, -0.2) is 47.9 Å². The van der Waals surface area contributed by atoms with Gasteiger partial charge in [-0.2, -0.15) is 13.2 Å². The Balaban J connectivity index is 0.000000449. The number of hydrogen-bond donors (Lipinski definition) is 3. The van der Waals surface area contributed by atoms with Crippen LogP contribution in [0.3, 0.4) is 0 Å². The van der Waals surface area contributed by atoms with E-state index in [4.69, 9.17) is 14.6 Å². The summed E-state index contributed by atoms with van der Waals surface area (Å²) in [6.07, 6.45) is -2.95. The summed E-state index contributed by atoms with van der Waals surface area (Å²) in [4.78, 5) is 24.1. The molecule has 1 fully saturated rings. The number of benzene rings is 2. The predicted octanol–water partition coefficient (Wildman–Crippen LogP) is 4.87. The number of fused-ring (bicyclic) bond motifs is 1. The van der Waals surface area contributed by atoms with Crippen LogP contribution in [0.5, 0.6) is 0 Å². The maximum absolute atomic E-state index is 12.0. The fraction of sp³-hybridized carbons (Fsp3) is 0.333. The Kier molecular flexibility index (Phi) is 9.12. The van der Waals surface area contributed by atoms with E-state index in [1.54, 1.807) is 0 Å². The number of nitrogens with one attached hydrogen (secondary N) is 2. The summed E-state index contributed by atoms with van der Waals surface area (Å²) in [5.41, 5.74) is 4.26. The van der Waals surface area contributed by atoms with Crippen LogP contribution in [0.4, 0.5) is 13.2 Å². The van der Waals surface area contributed by atoms with Crippen molar-refractivity contribution in [2.24, 2.45) is 0 Å². The van der Waals surface area contributed by atoms with Crippen LogP contribution in [-0.2, 0) is 21.4 Å². The van der Waals surface area contributed by atoms with Crippen molar-refractivity contribution in [2.45, 2.75) is 31.4 Å². The molecule has 34 heavy (non-hydrogen) atoms. The Labute approximate surface area is 200 Å². The second-order valence-electron chi connectivity index (χ2n) is 7.88. The van der Waals surface area contributed by atoms with Gasteiger partial charge in [0.25, 0.3) is 0 Å². The number of aromatic amines is 1. The lowest BCUT2D eigenvalue weighted by atomic mass is 9.74. The average Bonchev–Trinajstić information content (AvgIpc) is 3.41. The number of carboxylic acids is 1. The Hall–Kier alpha value is -3.04. The van der Waals surface area contributed by atoms with E-state index in [1.807, 2.05) is 13.0 Å². The molecule has 4 rings (SSSR count). The van der Waals surface area contributed by atoms with Crippen molar-refractivity contribution in [1.82, 2.24) is 10.3 Å². The van der Waals surface area contributed by atoms with Gasteiger partial charge in [0.1, 0.15) is 5.69 Å². The highest BCUT2D eigenvalue weighted by Crippen LogP contribution is 2.36. The maximum Gasteiger partial charge on any atom is 0.490 e. The van der Waals surface area contributed by atoms with E-state index in [-0.39, 0.29) is 23.8 Å². The number of carbonyl (C=O) groups is 2. The van der Waals surface area contributed by atoms with E-state index in [0.29, 0.717) is 12.3 Å². The normalized spacial score (nSPS) is 17.4. The second kappa shape index (κ2) is 11.4. The van der Waals surface area contributed by atoms with Crippen molar-refractivity contribution in [2.75, 3.05) is 19.7 Å². The number of aromatic nitrogens is 1. The zero-order chi connectivity index (χ0) is 24.1. The van der Waals surface area contributed by atoms with E-state index in [9.17, 15) is 18.0 Å². The van der Waals surface area contributed by atoms with Crippen molar-refractivity contribution in [3.63, 3.8) is 0 Å². The van der Waals surface area contributed by atoms with Crippen molar-refractivity contribution in [3.05, 3.63) is 71.4 Å². The quantitative estimate of drug-likeness (QED) is 0.436. The van der Waals surface area contributed by atoms with Crippen LogP contribution in [0, 0.1) is 0 Å². The highest BCUT2D eigenvalue weighted by molar-refractivity contribution is 5.95. The molecule has 0 amide bonds. The SMILES string of the molecule is CCOC(=O)c1cc2cc(C3(Cc4ccccc4)CCNC3)ccc2[nH]1.Cl.O=C(O)C(F)(F)F. The van der Waals surface area contributed by atoms with Gasteiger partial charge in [-0.3, -0.25) is 0 Å². The van der Waals surface area contributed by atoms with Gasteiger partial charge in [-0.25, -0.2) is 9.59 Å². The van der Waals surface area contributed by atoms with Gasteiger partial charge >= 0.3 is 18.1 Å². The first-order chi connectivity index (χ1) is 15.6. The average molecular weight is 499 g/mol. The molecular weight excluding hydrogens is 473 g/mol. The molecule has 10 heteroatoms. The number of alkyl halides is 3. The lowest BCUT2D eigenvalue weighted by Crippen LogP contribution is -2.31. The molecule has 1 aliphatic rings. The molecule has 3 N–H and O–H groups in total. The Morgan fingerprint density at radius 2 is 1.79 bits per heavy atom. The number of rotatable bonds is 5. The van der Waals surface area contributed by atoms with Crippen molar-refractivity contribution >= 4 is 35.2 Å². The van der Waals surface area contributed by atoms with E-state index in [2.05, 4.69) is 58.8 Å². The summed E-state index contributed by atoms with van der Waals surface area (Å²) in [5.74, 6) is -3.06. The Morgan fingerprint density at radius 1 is 1.12 bits per heavy atom. The molecule has 0 spiro atoms. The van der Waals surface area contributed by atoms with Gasteiger partial charge in [-0.1, -0.05) is 36.4 Å². The van der Waals surface area contributed by atoms with Gasteiger partial charge in [0.15, 0.2) is 0 Å². The molecule has 3 aromatic rings. The summed E-state index contributed by atoms with van der Waals surface area (Å²) < 4.78 is 36.8. The minimum Gasteiger partial charge on any atom is -0.475 e. The molecule has 1 aliphatic heterocycles. The van der Waals surface area contributed by atoms with Gasteiger partial charge in [0.05, 0.1) is 6.61 Å². The Bertz CT molecular complexity index is 1110. The van der Waals surface area contributed by atoms with Crippen molar-refractivity contribution in [3.8, 4) is 0 Å². The Morgan fingerprint density at radius 3 is 2.35 bits per heavy atom. The number of hydrogen-bond acceptors (Lipinski definition) is 4. The van der Waals surface area contributed by atoms with Crippen LogP contribution < -0.4 is 5.32 Å². The summed E-state index contributed by atoms with van der Waals surface area (Å²) in [6, 6.07) is 19.1. The number of carboxylic acid groups (broad SMARTS) is 1. The van der Waals surface area contributed by atoms with Crippen molar-refractivity contribution < 1.29 is 32.6 Å². The topological polar surface area (TPSA) is 91.4 Å². The molecule has 6 nitrogen and oxygen atoms in total. The van der Waals surface area contributed by atoms with E-state index >= 15 is 0 Å². The maximum atomic E-state index is 12.0. The van der Waals surface area contributed by atoms with E-state index in [0.717, 1.165) is 36.8 Å². The highest BCUT2D eigenvalue weighted by Gasteiger charge is 2.38. The molecule has 0 bridgehead atoms. The molecule has 184 valence electrons. The largest absolute Gasteiger partial charge is 0.490 e. The smallest absolute Gasteiger partial charge is 0.475 e. The first-order valence-corrected chi connectivity index (χ1v) is 10.5. The van der Waals surface area contributed by atoms with Gasteiger partial charge in [-0.05, 0) is 55.6 Å². The lowest BCUT2D eigenvalue weighted by molar-refractivity contribution is -0.192.